The first-order chi connectivity index (χ1) is 55.8. The summed E-state index contributed by atoms with van der Waals surface area (Å²) in [5.41, 5.74) is 6.64. The number of carbonyl (C=O) groups excluding carboxylic acids is 18. The Morgan fingerprint density at radius 3 is 0.543 bits per heavy atom. The van der Waals surface area contributed by atoms with Crippen LogP contribution in [-0.2, 0) is 20.8 Å². The van der Waals surface area contributed by atoms with E-state index in [4.69, 9.17) is 10.8 Å². The lowest BCUT2D eigenvalue weighted by Gasteiger charge is -2.42. The molecule has 5 N–H and O–H groups in total. The molecule has 0 radical (unpaired) electrons. The highest BCUT2D eigenvalue weighted by atomic mass is 16.4. The molecule has 55 heteroatoms. The molecule has 0 bridgehead atoms. The lowest BCUT2D eigenvalue weighted by molar-refractivity contribution is -0.137. The maximum Gasteiger partial charge on any atom is 0.326 e. The van der Waals surface area contributed by atoms with Crippen molar-refractivity contribution in [3.8, 4) is 0 Å². The van der Waals surface area contributed by atoms with Gasteiger partial charge in [0.15, 0.2) is 98.7 Å². The van der Waals surface area contributed by atoms with E-state index in [1.165, 1.54) is 157 Å². The molecule has 24 fully saturated rings. The molecule has 1 atom stereocenters. The molecule has 25 rings (SSSR count). The van der Waals surface area contributed by atoms with Gasteiger partial charge in [-0.05, 0) is 12.0 Å². The first-order valence-corrected chi connectivity index (χ1v) is 37.5. The Balaban J connectivity index is 0.000000334. The number of benzene rings is 1. The van der Waals surface area contributed by atoms with Gasteiger partial charge < -0.3 is 21.5 Å². The van der Waals surface area contributed by atoms with Crippen LogP contribution in [-0.4, -0.2) is 501 Å². The van der Waals surface area contributed by atoms with E-state index in [0.717, 1.165) is 5.56 Å². The highest BCUT2D eigenvalue weighted by molar-refractivity contribution is 5.97. The minimum atomic E-state index is -1.28. The third-order valence-electron chi connectivity index (χ3n) is 27.6. The van der Waals surface area contributed by atoms with Gasteiger partial charge in [-0.15, -0.1) is 0 Å². The second-order valence-electron chi connectivity index (χ2n) is 32.6. The van der Waals surface area contributed by atoms with E-state index < -0.39 is 332 Å². The number of nitrogens with zero attached hydrogens (tertiary/aromatic N) is 32. The molecule has 1 aromatic rings. The summed E-state index contributed by atoms with van der Waals surface area (Å²) in [7, 11) is 0. The Morgan fingerprint density at radius 1 is 0.259 bits per heavy atom. The van der Waals surface area contributed by atoms with E-state index in [1.807, 2.05) is 30.3 Å². The Bertz CT molecular complexity index is 3800. The lowest BCUT2D eigenvalue weighted by Crippen LogP contribution is -2.63. The van der Waals surface area contributed by atoms with Gasteiger partial charge in [0.05, 0.1) is 12.6 Å². The number of hydrogen-bond donors (Lipinski definition) is 4. The van der Waals surface area contributed by atoms with Crippen molar-refractivity contribution >= 4 is 114 Å². The van der Waals surface area contributed by atoms with Gasteiger partial charge in [0.25, 0.3) is 0 Å². The summed E-state index contributed by atoms with van der Waals surface area (Å²) in [6.07, 6.45) is -20.1. The Kier molecular flexibility index (Phi) is 11.9. The van der Waals surface area contributed by atoms with Crippen LogP contribution in [0.3, 0.4) is 0 Å². The minimum Gasteiger partial charge on any atom is -0.480 e. The van der Waals surface area contributed by atoms with Gasteiger partial charge in [-0.25, -0.2) is 76.7 Å². The number of carboxylic acids is 1. The van der Waals surface area contributed by atoms with Crippen molar-refractivity contribution in [1.82, 2.24) is 167 Å². The zero-order chi connectivity index (χ0) is 79.2. The normalized spacial score (nSPS) is 35.4. The molecule has 34 amide bonds. The van der Waals surface area contributed by atoms with Crippen LogP contribution in [0.5, 0.6) is 0 Å². The largest absolute Gasteiger partial charge is 0.480 e. The van der Waals surface area contributed by atoms with Crippen LogP contribution >= 0.6 is 0 Å². The molecule has 604 valence electrons. The number of urea groups is 16. The molecular formula is C61H65N35O20. The van der Waals surface area contributed by atoms with Crippen molar-refractivity contribution in [2.75, 3.05) is 120 Å². The molecule has 0 aliphatic carbocycles. The molecule has 24 aliphatic heterocycles. The van der Waals surface area contributed by atoms with Crippen LogP contribution in [0, 0.1) is 0 Å². The summed E-state index contributed by atoms with van der Waals surface area (Å²) < 4.78 is 0. The van der Waals surface area contributed by atoms with E-state index in [-0.39, 0.29) is 6.54 Å². The third kappa shape index (κ3) is 7.38. The highest BCUT2D eigenvalue weighted by Gasteiger charge is 2.78. The van der Waals surface area contributed by atoms with Crippen LogP contribution < -0.4 is 16.4 Å². The number of hydrogen-bond acceptors (Lipinski definition) is 20. The van der Waals surface area contributed by atoms with E-state index >= 15 is 76.7 Å². The van der Waals surface area contributed by atoms with E-state index in [9.17, 15) is 14.4 Å². The average Bonchev–Trinajstić information content (AvgIpc) is 1.52. The molecule has 1 unspecified atom stereocenters. The van der Waals surface area contributed by atoms with Crippen molar-refractivity contribution in [3.05, 3.63) is 35.9 Å². The summed E-state index contributed by atoms with van der Waals surface area (Å²) in [5, 5.41) is 12.9. The zero-order valence-electron chi connectivity index (χ0n) is 60.2. The van der Waals surface area contributed by atoms with Crippen LogP contribution in [0.15, 0.2) is 30.3 Å². The van der Waals surface area contributed by atoms with Crippen molar-refractivity contribution in [2.45, 2.75) is 111 Å². The second kappa shape index (κ2) is 21.0. The van der Waals surface area contributed by atoms with Gasteiger partial charge in [0.2, 0.25) is 11.8 Å². The monoisotopic (exact) mass is 1610 g/mol. The summed E-state index contributed by atoms with van der Waals surface area (Å²) >= 11 is 0. The summed E-state index contributed by atoms with van der Waals surface area (Å²) in [4.78, 5) is 322. The number of aliphatic carboxylic acids is 1. The first-order valence-electron chi connectivity index (χ1n) is 37.5. The van der Waals surface area contributed by atoms with Crippen molar-refractivity contribution in [3.63, 3.8) is 0 Å². The molecular weight excluding hydrogens is 1540 g/mol. The quantitative estimate of drug-likeness (QED) is 0.197. The second-order valence-corrected chi connectivity index (χ2v) is 32.6. The number of amides is 34. The van der Waals surface area contributed by atoms with Gasteiger partial charge in [-0.1, -0.05) is 30.3 Å². The molecule has 0 aromatic heterocycles. The predicted octanol–water partition coefficient (Wildman–Crippen LogP) is -8.68. The number of nitrogens with two attached hydrogens (primary N) is 1. The number of carbonyl (C=O) groups is 19. The fraction of sp³-hybridized carbons (Fsp3) is 0.590. The topological polar surface area (TPSA) is 498 Å². The molecule has 0 spiro atoms. The summed E-state index contributed by atoms with van der Waals surface area (Å²) in [5.74, 6) is -2.18. The summed E-state index contributed by atoms with van der Waals surface area (Å²) in [6.45, 7) is -9.66. The van der Waals surface area contributed by atoms with Crippen LogP contribution in [0.25, 0.3) is 0 Å². The Hall–Kier alpha value is -14.1. The Labute approximate surface area is 648 Å². The SMILES string of the molecule is NC(Cc1ccccc1)C(=O)NCC(=O)NCC(=O)O.O=C1N2CN3C(=O)N4CN5C(=O)N6CN7C(=O)N8CN9C(=O)N%10CN%11C(=O)N%12CN%13C(=O)N%14CN%15C(=O)N%16CN1C1C2N2CN%17C(=O)N(CN%18C(=O)N(CN%19C(=O)N(CN%20C(=O)N(CN%21C(=O)N(CN%22C(=O)N(CN%23C(=O)N(CN1C2=O)C%16C%15%23)C%14C%13%22)C%12C%11%21)C%10C9%20)C8C7%19)C6C5%18)C4C3%17. The van der Waals surface area contributed by atoms with Crippen LogP contribution in [0.1, 0.15) is 5.56 Å². The molecule has 55 nitrogen and oxygen atoms in total. The molecule has 24 heterocycles. The van der Waals surface area contributed by atoms with Crippen molar-refractivity contribution in [2.24, 2.45) is 5.73 Å². The zero-order valence-corrected chi connectivity index (χ0v) is 60.2. The highest BCUT2D eigenvalue weighted by Crippen LogP contribution is 2.54. The van der Waals surface area contributed by atoms with Gasteiger partial charge in [-0.2, -0.15) is 0 Å². The lowest BCUT2D eigenvalue weighted by atomic mass is 10.1. The maximum absolute atomic E-state index is 15.5. The predicted molar refractivity (Wildman–Crippen MR) is 355 cm³/mol. The van der Waals surface area contributed by atoms with E-state index in [1.54, 1.807) is 0 Å². The van der Waals surface area contributed by atoms with Gasteiger partial charge in [0.1, 0.15) is 113 Å². The third-order valence-corrected chi connectivity index (χ3v) is 27.6. The fourth-order valence-corrected chi connectivity index (χ4v) is 22.8. The fourth-order valence-electron chi connectivity index (χ4n) is 22.8. The standard InChI is InChI=1S/C48H48N32O16.C13H17N3O4/c81-33-49-1-50-18-20-54(34(50)82)4-58-22-24-62(38(58)86)8-66-26-28-70(42(66)90)12-74-30-32-78(46(74)94)15-77-31-29-73(45(77)93)11-69-27-25-65(41(69)89)7-61-23-21-57(37(61)85)3-53(33)19-17(49)51-2-52(18)36(84)56(20)6-60(22)40(88)64(24)10-68(26)44(92)72(28)14-76(30)48(96)80(32)16-79(31)47(95)75(29)13-71(27)43(91)67(25)9-63(23)39(87)59(21)5-55(19)35(51)83;14-10(6-9-4-2-1-3-5-9)13(20)16-7-11(17)15-8-12(18)19/h17-32H,1-16H2;1-5,10H,6-8,14H2,(H,15,17)(H,16,20)(H,18,19). The van der Waals surface area contributed by atoms with Gasteiger partial charge in [-0.3, -0.25) is 171 Å². The molecule has 1 aromatic carbocycles. The summed E-state index contributed by atoms with van der Waals surface area (Å²) in [6, 6.07) is -3.38. The molecule has 24 saturated heterocycles. The average molecular weight is 1610 g/mol. The smallest absolute Gasteiger partial charge is 0.326 e. The molecule has 24 aliphatic rings. The Morgan fingerprint density at radius 2 is 0.405 bits per heavy atom. The first kappa shape index (κ1) is 65.5. The molecule has 0 saturated carbocycles. The number of carboxylic acid groups (broad SMARTS) is 1. The van der Waals surface area contributed by atoms with E-state index in [2.05, 4.69) is 10.6 Å². The van der Waals surface area contributed by atoms with Crippen molar-refractivity contribution in [1.29, 1.82) is 0 Å². The van der Waals surface area contributed by atoms with Gasteiger partial charge in [0, 0.05) is 0 Å². The molecule has 116 heavy (non-hydrogen) atoms. The minimum absolute atomic E-state index is 0.297. The van der Waals surface area contributed by atoms with Crippen LogP contribution in [0.4, 0.5) is 76.7 Å². The van der Waals surface area contributed by atoms with Gasteiger partial charge >= 0.3 is 102 Å². The number of nitrogens with one attached hydrogen (secondary N) is 2. The van der Waals surface area contributed by atoms with Crippen LogP contribution in [0.2, 0.25) is 0 Å². The van der Waals surface area contributed by atoms with E-state index in [0.29, 0.717) is 6.42 Å². The van der Waals surface area contributed by atoms with Crippen molar-refractivity contribution < 1.29 is 96.2 Å². The number of rotatable bonds is 7. The maximum atomic E-state index is 15.5.